The smallest absolute Gasteiger partial charge is 0.264 e. The summed E-state index contributed by atoms with van der Waals surface area (Å²) in [5.41, 5.74) is -0.0374. The van der Waals surface area contributed by atoms with Gasteiger partial charge in [-0.1, -0.05) is 0 Å². The molecule has 2 rings (SSSR count). The van der Waals surface area contributed by atoms with E-state index in [0.717, 1.165) is 6.07 Å². The van der Waals surface area contributed by atoms with Crippen molar-refractivity contribution in [3.63, 3.8) is 0 Å². The van der Waals surface area contributed by atoms with Crippen molar-refractivity contribution in [2.75, 3.05) is 0 Å². The molecule has 1 aromatic heterocycles. The molecule has 17 heavy (non-hydrogen) atoms. The summed E-state index contributed by atoms with van der Waals surface area (Å²) in [6.07, 6.45) is 1.36. The Labute approximate surface area is 117 Å². The lowest BCUT2D eigenvalue weighted by atomic mass is 10.2. The van der Waals surface area contributed by atoms with Crippen LogP contribution >= 0.6 is 38.5 Å². The molecule has 0 unspecified atom stereocenters. The Morgan fingerprint density at radius 1 is 1.35 bits per heavy atom. The van der Waals surface area contributed by atoms with E-state index in [2.05, 4.69) is 25.9 Å². The van der Waals surface area contributed by atoms with Crippen LogP contribution in [-0.2, 0) is 0 Å². The average Bonchev–Trinajstić information content (AvgIpc) is 2.30. The van der Waals surface area contributed by atoms with E-state index in [1.54, 1.807) is 0 Å². The van der Waals surface area contributed by atoms with Crippen LogP contribution in [0.3, 0.4) is 0 Å². The first-order chi connectivity index (χ1) is 8.00. The lowest BCUT2D eigenvalue weighted by molar-refractivity contribution is 0.504. The highest BCUT2D eigenvalue weighted by atomic mass is 127. The number of nitrogens with zero attached hydrogens (tertiary/aromatic N) is 1. The van der Waals surface area contributed by atoms with E-state index < -0.39 is 11.6 Å². The van der Waals surface area contributed by atoms with Gasteiger partial charge in [-0.25, -0.2) is 13.8 Å². The number of benzene rings is 1. The van der Waals surface area contributed by atoms with Gasteiger partial charge in [-0.15, -0.1) is 0 Å². The zero-order valence-electron chi connectivity index (χ0n) is 8.10. The summed E-state index contributed by atoms with van der Waals surface area (Å²) >= 11 is 4.76. The molecule has 0 saturated heterocycles. The van der Waals surface area contributed by atoms with Crippen LogP contribution in [0, 0.1) is 15.2 Å². The van der Waals surface area contributed by atoms with E-state index in [0.29, 0.717) is 3.57 Å². The standard InChI is InChI=1S/C10H4BrF2IN2O/c11-7-4(1-2-5(12)8(7)13)9-15-3-6(14)10(17)16-9/h1-3H,(H,15,16,17). The van der Waals surface area contributed by atoms with Gasteiger partial charge in [0.1, 0.15) is 5.82 Å². The average molecular weight is 413 g/mol. The van der Waals surface area contributed by atoms with Crippen LogP contribution in [0.5, 0.6) is 0 Å². The number of hydrogen-bond donors (Lipinski definition) is 1. The van der Waals surface area contributed by atoms with Crippen molar-refractivity contribution < 1.29 is 8.78 Å². The molecule has 0 bridgehead atoms. The minimum absolute atomic E-state index is 0.0677. The first kappa shape index (κ1) is 12.6. The molecule has 0 fully saturated rings. The third kappa shape index (κ3) is 2.39. The Hall–Kier alpha value is -0.830. The summed E-state index contributed by atoms with van der Waals surface area (Å²) in [5, 5.41) is 0. The van der Waals surface area contributed by atoms with Crippen molar-refractivity contribution in [3.8, 4) is 11.4 Å². The number of rotatable bonds is 1. The van der Waals surface area contributed by atoms with E-state index in [1.165, 1.54) is 12.3 Å². The Balaban J connectivity index is 2.65. The fraction of sp³-hybridized carbons (Fsp3) is 0. The molecule has 0 aliphatic heterocycles. The topological polar surface area (TPSA) is 45.8 Å². The van der Waals surface area contributed by atoms with Gasteiger partial charge in [-0.05, 0) is 50.7 Å². The van der Waals surface area contributed by atoms with E-state index in [1.807, 2.05) is 22.6 Å². The Bertz CT molecular complexity index is 645. The van der Waals surface area contributed by atoms with E-state index in [4.69, 9.17) is 0 Å². The quantitative estimate of drug-likeness (QED) is 0.578. The van der Waals surface area contributed by atoms with Gasteiger partial charge in [0, 0.05) is 11.8 Å². The molecule has 7 heteroatoms. The van der Waals surface area contributed by atoms with E-state index in [-0.39, 0.29) is 21.4 Å². The molecule has 1 aromatic carbocycles. The minimum Gasteiger partial charge on any atom is -0.306 e. The molecule has 2 aromatic rings. The van der Waals surface area contributed by atoms with E-state index >= 15 is 0 Å². The highest BCUT2D eigenvalue weighted by Crippen LogP contribution is 2.29. The maximum absolute atomic E-state index is 13.3. The Kier molecular flexibility index (Phi) is 3.57. The van der Waals surface area contributed by atoms with E-state index in [9.17, 15) is 13.6 Å². The molecular formula is C10H4BrF2IN2O. The summed E-state index contributed by atoms with van der Waals surface area (Å²) in [6, 6.07) is 2.32. The Morgan fingerprint density at radius 3 is 2.71 bits per heavy atom. The molecule has 0 radical (unpaired) electrons. The van der Waals surface area contributed by atoms with Gasteiger partial charge in [-0.3, -0.25) is 4.79 Å². The molecule has 0 saturated carbocycles. The molecule has 0 spiro atoms. The number of nitrogens with one attached hydrogen (secondary N) is 1. The van der Waals surface area contributed by atoms with Crippen molar-refractivity contribution in [2.24, 2.45) is 0 Å². The van der Waals surface area contributed by atoms with Gasteiger partial charge < -0.3 is 4.98 Å². The predicted octanol–water partition coefficient (Wildman–Crippen LogP) is 3.08. The lowest BCUT2D eigenvalue weighted by Crippen LogP contribution is -2.11. The molecule has 1 heterocycles. The number of aromatic amines is 1. The molecule has 0 aliphatic carbocycles. The molecule has 1 N–H and O–H groups in total. The molecule has 3 nitrogen and oxygen atoms in total. The van der Waals surface area contributed by atoms with Gasteiger partial charge >= 0.3 is 0 Å². The lowest BCUT2D eigenvalue weighted by Gasteiger charge is -2.05. The van der Waals surface area contributed by atoms with Crippen LogP contribution < -0.4 is 5.56 Å². The summed E-state index contributed by atoms with van der Waals surface area (Å²) in [5.74, 6) is -1.79. The zero-order chi connectivity index (χ0) is 12.6. The van der Waals surface area contributed by atoms with Gasteiger partial charge in [0.15, 0.2) is 11.6 Å². The van der Waals surface area contributed by atoms with Crippen molar-refractivity contribution >= 4 is 38.5 Å². The molecule has 0 amide bonds. The van der Waals surface area contributed by atoms with Crippen molar-refractivity contribution in [1.82, 2.24) is 9.97 Å². The zero-order valence-corrected chi connectivity index (χ0v) is 11.8. The number of hydrogen-bond acceptors (Lipinski definition) is 2. The molecular weight excluding hydrogens is 409 g/mol. The van der Waals surface area contributed by atoms with Crippen LogP contribution in [0.2, 0.25) is 0 Å². The fourth-order valence-electron chi connectivity index (χ4n) is 1.23. The molecule has 88 valence electrons. The summed E-state index contributed by atoms with van der Waals surface area (Å²) in [4.78, 5) is 17.8. The second kappa shape index (κ2) is 4.81. The fourth-order valence-corrected chi connectivity index (χ4v) is 2.01. The number of aromatic nitrogens is 2. The third-order valence-corrected chi connectivity index (χ3v) is 3.59. The summed E-state index contributed by atoms with van der Waals surface area (Å²) in [7, 11) is 0. The summed E-state index contributed by atoms with van der Waals surface area (Å²) < 4.78 is 26.6. The SMILES string of the molecule is O=c1[nH]c(-c2ccc(F)c(F)c2Br)ncc1I. The minimum atomic E-state index is -1.01. The van der Waals surface area contributed by atoms with Gasteiger partial charge in [0.05, 0.1) is 8.04 Å². The maximum atomic E-state index is 13.3. The summed E-state index contributed by atoms with van der Waals surface area (Å²) in [6.45, 7) is 0. The van der Waals surface area contributed by atoms with Crippen molar-refractivity contribution in [3.05, 3.63) is 48.4 Å². The predicted molar refractivity (Wildman–Crippen MR) is 70.6 cm³/mol. The van der Waals surface area contributed by atoms with Crippen molar-refractivity contribution in [1.29, 1.82) is 0 Å². The first-order valence-corrected chi connectivity index (χ1v) is 6.26. The molecule has 0 atom stereocenters. The Morgan fingerprint density at radius 2 is 2.06 bits per heavy atom. The second-order valence-electron chi connectivity index (χ2n) is 3.13. The monoisotopic (exact) mass is 412 g/mol. The normalized spacial score (nSPS) is 10.6. The highest BCUT2D eigenvalue weighted by Gasteiger charge is 2.14. The van der Waals surface area contributed by atoms with Crippen LogP contribution in [0.15, 0.2) is 27.6 Å². The second-order valence-corrected chi connectivity index (χ2v) is 5.09. The van der Waals surface area contributed by atoms with Gasteiger partial charge in [0.2, 0.25) is 0 Å². The van der Waals surface area contributed by atoms with Crippen LogP contribution in [-0.4, -0.2) is 9.97 Å². The van der Waals surface area contributed by atoms with Gasteiger partial charge in [-0.2, -0.15) is 0 Å². The van der Waals surface area contributed by atoms with Crippen molar-refractivity contribution in [2.45, 2.75) is 0 Å². The largest absolute Gasteiger partial charge is 0.306 e. The van der Waals surface area contributed by atoms with Gasteiger partial charge in [0.25, 0.3) is 5.56 Å². The highest BCUT2D eigenvalue weighted by molar-refractivity contribution is 14.1. The maximum Gasteiger partial charge on any atom is 0.264 e. The van der Waals surface area contributed by atoms with Crippen LogP contribution in [0.25, 0.3) is 11.4 Å². The third-order valence-electron chi connectivity index (χ3n) is 2.05. The molecule has 0 aliphatic rings. The first-order valence-electron chi connectivity index (χ1n) is 4.39. The van der Waals surface area contributed by atoms with Crippen LogP contribution in [0.4, 0.5) is 8.78 Å². The number of halogens is 4. The van der Waals surface area contributed by atoms with Crippen LogP contribution in [0.1, 0.15) is 0 Å². The number of H-pyrrole nitrogens is 1.